The first kappa shape index (κ1) is 6.59. The van der Waals surface area contributed by atoms with Crippen LogP contribution in [0.15, 0.2) is 0 Å². The summed E-state index contributed by atoms with van der Waals surface area (Å²) in [6.45, 7) is 2.26. The maximum Gasteiger partial charge on any atom is 0.101 e. The third-order valence-electron chi connectivity index (χ3n) is 2.85. The molecule has 1 saturated carbocycles. The van der Waals surface area contributed by atoms with E-state index in [0.29, 0.717) is 5.41 Å². The molecule has 0 aromatic heterocycles. The van der Waals surface area contributed by atoms with Gasteiger partial charge in [-0.15, -0.1) is 0 Å². The van der Waals surface area contributed by atoms with Gasteiger partial charge in [-0.25, -0.2) is 4.39 Å². The van der Waals surface area contributed by atoms with E-state index in [0.717, 1.165) is 32.4 Å². The number of halogens is 1. The highest BCUT2D eigenvalue weighted by Crippen LogP contribution is 2.45. The SMILES string of the molecule is CN1CC2(CCC(F)C2)C1. The van der Waals surface area contributed by atoms with E-state index in [-0.39, 0.29) is 0 Å². The van der Waals surface area contributed by atoms with Crippen molar-refractivity contribution in [3.63, 3.8) is 0 Å². The molecule has 2 fully saturated rings. The lowest BCUT2D eigenvalue weighted by Gasteiger charge is -2.46. The van der Waals surface area contributed by atoms with Crippen LogP contribution in [0.4, 0.5) is 4.39 Å². The van der Waals surface area contributed by atoms with Gasteiger partial charge in [-0.2, -0.15) is 0 Å². The van der Waals surface area contributed by atoms with E-state index in [9.17, 15) is 4.39 Å². The second-order valence-corrected chi connectivity index (χ2v) is 4.01. The minimum Gasteiger partial charge on any atom is -0.305 e. The van der Waals surface area contributed by atoms with Crippen LogP contribution >= 0.6 is 0 Å². The molecule has 2 rings (SSSR count). The molecule has 1 aliphatic heterocycles. The number of nitrogens with zero attached hydrogens (tertiary/aromatic N) is 1. The van der Waals surface area contributed by atoms with Crippen LogP contribution in [0.5, 0.6) is 0 Å². The summed E-state index contributed by atoms with van der Waals surface area (Å²) in [5.41, 5.74) is 0.411. The molecule has 1 nitrogen and oxygen atoms in total. The molecule has 58 valence electrons. The number of likely N-dealkylation sites (tertiary alicyclic amines) is 1. The number of hydrogen-bond acceptors (Lipinski definition) is 1. The van der Waals surface area contributed by atoms with Gasteiger partial charge in [0.25, 0.3) is 0 Å². The van der Waals surface area contributed by atoms with Crippen LogP contribution in [-0.2, 0) is 0 Å². The minimum absolute atomic E-state index is 0.411. The van der Waals surface area contributed by atoms with Crippen LogP contribution in [0.1, 0.15) is 19.3 Å². The zero-order valence-electron chi connectivity index (χ0n) is 6.44. The van der Waals surface area contributed by atoms with Crippen molar-refractivity contribution in [2.75, 3.05) is 20.1 Å². The summed E-state index contributed by atoms with van der Waals surface area (Å²) in [5, 5.41) is 0. The van der Waals surface area contributed by atoms with Crippen LogP contribution < -0.4 is 0 Å². The fourth-order valence-electron chi connectivity index (χ4n) is 2.52. The maximum absolute atomic E-state index is 12.7. The summed E-state index contributed by atoms with van der Waals surface area (Å²) in [7, 11) is 2.11. The monoisotopic (exact) mass is 143 g/mol. The first-order chi connectivity index (χ1) is 4.70. The standard InChI is InChI=1S/C8H14FN/c1-10-5-8(6-10)3-2-7(9)4-8/h7H,2-6H2,1H3. The molecule has 1 aliphatic carbocycles. The summed E-state index contributed by atoms with van der Waals surface area (Å²) in [6.07, 6.45) is 2.28. The van der Waals surface area contributed by atoms with E-state index in [1.54, 1.807) is 0 Å². The predicted molar refractivity (Wildman–Crippen MR) is 38.7 cm³/mol. The highest BCUT2D eigenvalue weighted by atomic mass is 19.1. The maximum atomic E-state index is 12.7. The summed E-state index contributed by atoms with van der Waals surface area (Å²) < 4.78 is 12.7. The third-order valence-corrected chi connectivity index (χ3v) is 2.85. The molecule has 0 N–H and O–H groups in total. The molecule has 1 heterocycles. The number of hydrogen-bond donors (Lipinski definition) is 0. The Bertz CT molecular complexity index is 135. The number of alkyl halides is 1. The van der Waals surface area contributed by atoms with Crippen molar-refractivity contribution in [3.05, 3.63) is 0 Å². The lowest BCUT2D eigenvalue weighted by Crippen LogP contribution is -2.52. The second-order valence-electron chi connectivity index (χ2n) is 4.01. The molecular formula is C8H14FN. The van der Waals surface area contributed by atoms with Crippen molar-refractivity contribution in [1.29, 1.82) is 0 Å². The van der Waals surface area contributed by atoms with Crippen molar-refractivity contribution in [2.45, 2.75) is 25.4 Å². The average Bonchev–Trinajstić information content (AvgIpc) is 2.10. The molecule has 0 aromatic carbocycles. The lowest BCUT2D eigenvalue weighted by atomic mass is 9.79. The highest BCUT2D eigenvalue weighted by Gasteiger charge is 2.46. The van der Waals surface area contributed by atoms with Crippen LogP contribution in [0.25, 0.3) is 0 Å². The average molecular weight is 143 g/mol. The molecule has 0 bridgehead atoms. The van der Waals surface area contributed by atoms with E-state index in [2.05, 4.69) is 11.9 Å². The van der Waals surface area contributed by atoms with E-state index in [1.807, 2.05) is 0 Å². The molecule has 2 aliphatic rings. The fourth-order valence-corrected chi connectivity index (χ4v) is 2.52. The van der Waals surface area contributed by atoms with Crippen molar-refractivity contribution in [1.82, 2.24) is 4.90 Å². The molecule has 1 atom stereocenters. The Morgan fingerprint density at radius 2 is 2.20 bits per heavy atom. The molecular weight excluding hydrogens is 129 g/mol. The summed E-state index contributed by atoms with van der Waals surface area (Å²) in [5.74, 6) is 0. The summed E-state index contributed by atoms with van der Waals surface area (Å²) in [6, 6.07) is 0. The van der Waals surface area contributed by atoms with Gasteiger partial charge in [-0.05, 0) is 31.7 Å². The van der Waals surface area contributed by atoms with E-state index >= 15 is 0 Å². The molecule has 1 unspecified atom stereocenters. The van der Waals surface area contributed by atoms with Crippen molar-refractivity contribution in [3.8, 4) is 0 Å². The van der Waals surface area contributed by atoms with Gasteiger partial charge in [0.15, 0.2) is 0 Å². The van der Waals surface area contributed by atoms with Crippen LogP contribution in [0.2, 0.25) is 0 Å². The summed E-state index contributed by atoms with van der Waals surface area (Å²) in [4.78, 5) is 2.28. The van der Waals surface area contributed by atoms with Gasteiger partial charge in [0.05, 0.1) is 0 Å². The van der Waals surface area contributed by atoms with E-state index in [4.69, 9.17) is 0 Å². The van der Waals surface area contributed by atoms with Crippen molar-refractivity contribution in [2.24, 2.45) is 5.41 Å². The lowest BCUT2D eigenvalue weighted by molar-refractivity contribution is 0.0233. The normalized spacial score (nSPS) is 38.4. The summed E-state index contributed by atoms with van der Waals surface area (Å²) >= 11 is 0. The molecule has 1 saturated heterocycles. The Hall–Kier alpha value is -0.110. The molecule has 0 radical (unpaired) electrons. The van der Waals surface area contributed by atoms with Gasteiger partial charge in [0, 0.05) is 13.1 Å². The zero-order chi connectivity index (χ0) is 7.19. The van der Waals surface area contributed by atoms with E-state index in [1.165, 1.54) is 0 Å². The molecule has 1 spiro atoms. The Morgan fingerprint density at radius 1 is 1.50 bits per heavy atom. The number of rotatable bonds is 0. The Balaban J connectivity index is 1.95. The predicted octanol–water partition coefficient (Wildman–Crippen LogP) is 1.44. The fraction of sp³-hybridized carbons (Fsp3) is 1.00. The van der Waals surface area contributed by atoms with Gasteiger partial charge in [0.2, 0.25) is 0 Å². The Morgan fingerprint density at radius 3 is 2.60 bits per heavy atom. The topological polar surface area (TPSA) is 3.24 Å². The first-order valence-electron chi connectivity index (χ1n) is 4.03. The third kappa shape index (κ3) is 0.858. The van der Waals surface area contributed by atoms with E-state index < -0.39 is 6.17 Å². The molecule has 0 amide bonds. The zero-order valence-corrected chi connectivity index (χ0v) is 6.44. The molecule has 0 aromatic rings. The highest BCUT2D eigenvalue weighted by molar-refractivity contribution is 4.99. The van der Waals surface area contributed by atoms with Crippen LogP contribution in [-0.4, -0.2) is 31.2 Å². The smallest absolute Gasteiger partial charge is 0.101 e. The first-order valence-corrected chi connectivity index (χ1v) is 4.03. The minimum atomic E-state index is -0.492. The van der Waals surface area contributed by atoms with Crippen molar-refractivity contribution < 1.29 is 4.39 Å². The second kappa shape index (κ2) is 1.94. The van der Waals surface area contributed by atoms with Gasteiger partial charge >= 0.3 is 0 Å². The van der Waals surface area contributed by atoms with Crippen LogP contribution in [0.3, 0.4) is 0 Å². The van der Waals surface area contributed by atoms with Gasteiger partial charge < -0.3 is 4.90 Å². The quantitative estimate of drug-likeness (QED) is 0.496. The van der Waals surface area contributed by atoms with Crippen molar-refractivity contribution >= 4 is 0 Å². The van der Waals surface area contributed by atoms with Gasteiger partial charge in [-0.1, -0.05) is 0 Å². The van der Waals surface area contributed by atoms with Gasteiger partial charge in [-0.3, -0.25) is 0 Å². The van der Waals surface area contributed by atoms with Gasteiger partial charge in [0.1, 0.15) is 6.17 Å². The Labute approximate surface area is 61.2 Å². The largest absolute Gasteiger partial charge is 0.305 e. The molecule has 10 heavy (non-hydrogen) atoms. The Kier molecular flexibility index (Phi) is 1.28. The molecule has 2 heteroatoms. The van der Waals surface area contributed by atoms with Crippen LogP contribution in [0, 0.1) is 5.41 Å².